The summed E-state index contributed by atoms with van der Waals surface area (Å²) in [7, 11) is 0. The number of nitrogens with two attached hydrogens (primary N) is 2. The van der Waals surface area contributed by atoms with Gasteiger partial charge in [0.05, 0.1) is 29.2 Å². The van der Waals surface area contributed by atoms with E-state index in [9.17, 15) is 17.6 Å². The van der Waals surface area contributed by atoms with Crippen LogP contribution in [-0.4, -0.2) is 16.6 Å². The topological polar surface area (TPSA) is 88.4 Å². The number of pyridine rings is 1. The van der Waals surface area contributed by atoms with Gasteiger partial charge in [-0.1, -0.05) is 6.07 Å². The molecule has 1 fully saturated rings. The Kier molecular flexibility index (Phi) is 4.76. The van der Waals surface area contributed by atoms with Crippen molar-refractivity contribution in [1.29, 1.82) is 0 Å². The van der Waals surface area contributed by atoms with Crippen LogP contribution in [0.3, 0.4) is 0 Å². The lowest BCUT2D eigenvalue weighted by molar-refractivity contribution is -0.136. The van der Waals surface area contributed by atoms with Gasteiger partial charge in [-0.2, -0.15) is 17.6 Å². The molecule has 1 aliphatic rings. The van der Waals surface area contributed by atoms with Gasteiger partial charge in [0, 0.05) is 17.7 Å². The van der Waals surface area contributed by atoms with Gasteiger partial charge in [-0.05, 0) is 37.0 Å². The zero-order valence-electron chi connectivity index (χ0n) is 13.7. The van der Waals surface area contributed by atoms with Crippen LogP contribution in [0.2, 0.25) is 0 Å². The summed E-state index contributed by atoms with van der Waals surface area (Å²) in [5.41, 5.74) is 3.37. The molecule has 0 radical (unpaired) electrons. The number of benzene rings is 1. The van der Waals surface area contributed by atoms with Crippen LogP contribution in [-0.2, 0) is 12.8 Å². The van der Waals surface area contributed by atoms with Crippen molar-refractivity contribution >= 4 is 11.4 Å². The summed E-state index contributed by atoms with van der Waals surface area (Å²) >= 11 is 0. The van der Waals surface area contributed by atoms with Gasteiger partial charge in [-0.25, -0.2) is 10.8 Å². The van der Waals surface area contributed by atoms with Gasteiger partial charge in [-0.3, -0.25) is 0 Å². The van der Waals surface area contributed by atoms with Crippen molar-refractivity contribution in [2.75, 3.05) is 17.3 Å². The monoisotopic (exact) mass is 370 g/mol. The van der Waals surface area contributed by atoms with E-state index in [1.807, 2.05) is 0 Å². The van der Waals surface area contributed by atoms with E-state index in [0.717, 1.165) is 25.0 Å². The number of halogens is 4. The maximum absolute atomic E-state index is 14.2. The lowest BCUT2D eigenvalue weighted by atomic mass is 9.97. The van der Waals surface area contributed by atoms with Gasteiger partial charge >= 0.3 is 6.18 Å². The van der Waals surface area contributed by atoms with Crippen molar-refractivity contribution in [2.45, 2.75) is 25.6 Å². The van der Waals surface area contributed by atoms with E-state index in [2.05, 4.69) is 4.98 Å². The number of hydrogen-bond acceptors (Lipinski definition) is 5. The third-order valence-corrected chi connectivity index (χ3v) is 4.33. The second-order valence-corrected chi connectivity index (χ2v) is 6.31. The molecule has 5 N–H and O–H groups in total. The number of nitrogens with zero attached hydrogens (tertiary/aromatic N) is 2. The standard InChI is InChI=1S/C17H18F4N4O/c18-16-12(4-3-10(8-26)24-16)11-5-6-13(25(23)7-9-1-2-9)15(22)14(11)17(19,20)21/h3-6,9,26H,1-2,7-8,22-23H2. The van der Waals surface area contributed by atoms with Crippen molar-refractivity contribution in [3.63, 3.8) is 0 Å². The molecular formula is C17H18F4N4O. The first-order valence-corrected chi connectivity index (χ1v) is 8.01. The van der Waals surface area contributed by atoms with Gasteiger partial charge < -0.3 is 15.8 Å². The van der Waals surface area contributed by atoms with Crippen molar-refractivity contribution in [2.24, 2.45) is 11.8 Å². The Bertz CT molecular complexity index is 821. The van der Waals surface area contributed by atoms with Crippen LogP contribution < -0.4 is 16.6 Å². The Morgan fingerprint density at radius 1 is 1.15 bits per heavy atom. The molecular weight excluding hydrogens is 352 g/mol. The number of anilines is 2. The molecule has 26 heavy (non-hydrogen) atoms. The number of aromatic nitrogens is 1. The molecule has 0 unspecified atom stereocenters. The number of nitrogen functional groups attached to an aromatic ring is 1. The molecule has 0 amide bonds. The highest BCUT2D eigenvalue weighted by Crippen LogP contribution is 2.45. The van der Waals surface area contributed by atoms with Gasteiger partial charge in [0.15, 0.2) is 0 Å². The first kappa shape index (κ1) is 18.4. The number of hydrazine groups is 1. The van der Waals surface area contributed by atoms with Crippen molar-refractivity contribution in [1.82, 2.24) is 4.98 Å². The lowest BCUT2D eigenvalue weighted by Crippen LogP contribution is -2.34. The SMILES string of the molecule is Nc1c(N(N)CC2CC2)ccc(-c2ccc(CO)nc2F)c1C(F)(F)F. The number of hydrogen-bond donors (Lipinski definition) is 3. The van der Waals surface area contributed by atoms with Crippen LogP contribution in [0.25, 0.3) is 11.1 Å². The molecule has 2 aromatic rings. The van der Waals surface area contributed by atoms with Crippen LogP contribution in [0.15, 0.2) is 24.3 Å². The van der Waals surface area contributed by atoms with E-state index in [-0.39, 0.29) is 16.9 Å². The van der Waals surface area contributed by atoms with Crippen molar-refractivity contribution in [3.05, 3.63) is 41.5 Å². The van der Waals surface area contributed by atoms with Crippen molar-refractivity contribution < 1.29 is 22.7 Å². The Hall–Kier alpha value is -2.39. The third-order valence-electron chi connectivity index (χ3n) is 4.33. The van der Waals surface area contributed by atoms with E-state index in [1.165, 1.54) is 17.1 Å². The van der Waals surface area contributed by atoms with E-state index in [4.69, 9.17) is 16.7 Å². The molecule has 1 saturated carbocycles. The minimum absolute atomic E-state index is 0.0157. The largest absolute Gasteiger partial charge is 0.419 e. The predicted molar refractivity (Wildman–Crippen MR) is 89.2 cm³/mol. The van der Waals surface area contributed by atoms with E-state index >= 15 is 0 Å². The first-order chi connectivity index (χ1) is 12.2. The highest BCUT2D eigenvalue weighted by Gasteiger charge is 2.38. The molecule has 0 atom stereocenters. The van der Waals surface area contributed by atoms with Crippen LogP contribution in [0.1, 0.15) is 24.1 Å². The highest BCUT2D eigenvalue weighted by atomic mass is 19.4. The molecule has 3 rings (SSSR count). The molecule has 140 valence electrons. The third kappa shape index (κ3) is 3.58. The molecule has 1 aromatic heterocycles. The Labute approximate surface area is 147 Å². The maximum atomic E-state index is 14.2. The Morgan fingerprint density at radius 2 is 1.81 bits per heavy atom. The normalized spacial score (nSPS) is 14.5. The van der Waals surface area contributed by atoms with Gasteiger partial charge in [-0.15, -0.1) is 0 Å². The van der Waals surface area contributed by atoms with Crippen molar-refractivity contribution in [3.8, 4) is 11.1 Å². The lowest BCUT2D eigenvalue weighted by Gasteiger charge is -2.24. The fourth-order valence-electron chi connectivity index (χ4n) is 2.83. The van der Waals surface area contributed by atoms with E-state index in [1.54, 1.807) is 0 Å². The predicted octanol–water partition coefficient (Wildman–Crippen LogP) is 3.07. The minimum Gasteiger partial charge on any atom is -0.396 e. The number of aliphatic hydroxyl groups is 1. The number of rotatable bonds is 5. The molecule has 1 heterocycles. The maximum Gasteiger partial charge on any atom is 0.419 e. The second kappa shape index (κ2) is 6.73. The molecule has 0 bridgehead atoms. The quantitative estimate of drug-likeness (QED) is 0.248. The first-order valence-electron chi connectivity index (χ1n) is 8.01. The second-order valence-electron chi connectivity index (χ2n) is 6.31. The van der Waals surface area contributed by atoms with Crippen LogP contribution >= 0.6 is 0 Å². The number of aliphatic hydroxyl groups excluding tert-OH is 1. The summed E-state index contributed by atoms with van der Waals surface area (Å²) < 4.78 is 55.2. The average molecular weight is 370 g/mol. The summed E-state index contributed by atoms with van der Waals surface area (Å²) in [6.45, 7) is -0.115. The summed E-state index contributed by atoms with van der Waals surface area (Å²) in [5.74, 6) is 5.11. The van der Waals surface area contributed by atoms with Gasteiger partial charge in [0.25, 0.3) is 0 Å². The van der Waals surface area contributed by atoms with Gasteiger partial charge in [0.2, 0.25) is 5.95 Å². The fourth-order valence-corrected chi connectivity index (χ4v) is 2.83. The molecule has 9 heteroatoms. The van der Waals surface area contributed by atoms with Crippen LogP contribution in [0, 0.1) is 11.9 Å². The highest BCUT2D eigenvalue weighted by molar-refractivity contribution is 5.82. The van der Waals surface area contributed by atoms with Crippen LogP contribution in [0.5, 0.6) is 0 Å². The summed E-state index contributed by atoms with van der Waals surface area (Å²) in [4.78, 5) is 3.47. The zero-order chi connectivity index (χ0) is 19.1. The van der Waals surface area contributed by atoms with E-state index < -0.39 is 35.5 Å². The average Bonchev–Trinajstić information content (AvgIpc) is 3.37. The Balaban J connectivity index is 2.12. The van der Waals surface area contributed by atoms with E-state index in [0.29, 0.717) is 12.5 Å². The molecule has 1 aromatic carbocycles. The zero-order valence-corrected chi connectivity index (χ0v) is 13.7. The molecule has 0 aliphatic heterocycles. The summed E-state index contributed by atoms with van der Waals surface area (Å²) in [5, 5.41) is 10.2. The summed E-state index contributed by atoms with van der Waals surface area (Å²) in [6, 6.07) is 4.88. The molecule has 5 nitrogen and oxygen atoms in total. The van der Waals surface area contributed by atoms with Crippen LogP contribution in [0.4, 0.5) is 28.9 Å². The molecule has 0 spiro atoms. The molecule has 1 aliphatic carbocycles. The fraction of sp³-hybridized carbons (Fsp3) is 0.353. The summed E-state index contributed by atoms with van der Waals surface area (Å²) in [6.07, 6.45) is -2.85. The molecule has 0 saturated heterocycles. The smallest absolute Gasteiger partial charge is 0.396 e. The number of alkyl halides is 3. The minimum atomic E-state index is -4.81. The Morgan fingerprint density at radius 3 is 2.35 bits per heavy atom. The van der Waals surface area contributed by atoms with Gasteiger partial charge in [0.1, 0.15) is 0 Å².